The molecule has 146 valence electrons. The number of hydrogen-bond donors (Lipinski definition) is 0. The Morgan fingerprint density at radius 3 is 2.11 bits per heavy atom. The van der Waals surface area contributed by atoms with Crippen molar-refractivity contribution in [3.63, 3.8) is 0 Å². The highest BCUT2D eigenvalue weighted by molar-refractivity contribution is 6.22. The molecule has 1 aromatic carbocycles. The summed E-state index contributed by atoms with van der Waals surface area (Å²) in [5.41, 5.74) is 0.393. The Morgan fingerprint density at radius 1 is 1.11 bits per heavy atom. The number of amides is 3. The van der Waals surface area contributed by atoms with Gasteiger partial charge in [-0.2, -0.15) is 13.2 Å². The van der Waals surface area contributed by atoms with Gasteiger partial charge < -0.3 is 4.90 Å². The Morgan fingerprint density at radius 2 is 1.63 bits per heavy atom. The molecule has 2 heterocycles. The van der Waals surface area contributed by atoms with Crippen LogP contribution in [0.4, 0.5) is 13.2 Å². The lowest BCUT2D eigenvalue weighted by Gasteiger charge is -2.45. The number of halogens is 3. The third-order valence-electron chi connectivity index (χ3n) is 5.32. The number of imide groups is 1. The maximum Gasteiger partial charge on any atom is 0.405 e. The van der Waals surface area contributed by atoms with Gasteiger partial charge in [-0.05, 0) is 33.0 Å². The summed E-state index contributed by atoms with van der Waals surface area (Å²) in [4.78, 5) is 41.0. The number of carbonyl (C=O) groups excluding carboxylic acids is 3. The van der Waals surface area contributed by atoms with Gasteiger partial charge in [-0.25, -0.2) is 0 Å². The van der Waals surface area contributed by atoms with Crippen molar-refractivity contribution in [2.24, 2.45) is 0 Å². The van der Waals surface area contributed by atoms with Gasteiger partial charge in [0.1, 0.15) is 12.1 Å². The summed E-state index contributed by atoms with van der Waals surface area (Å²) in [5, 5.41) is 0. The second-order valence-electron chi connectivity index (χ2n) is 7.02. The first-order valence-corrected chi connectivity index (χ1v) is 8.58. The Balaban J connectivity index is 1.82. The van der Waals surface area contributed by atoms with Crippen molar-refractivity contribution < 1.29 is 27.6 Å². The highest BCUT2D eigenvalue weighted by Crippen LogP contribution is 2.30. The fourth-order valence-electron chi connectivity index (χ4n) is 3.62. The summed E-state index contributed by atoms with van der Waals surface area (Å²) in [6.45, 7) is 2.53. The number of benzene rings is 1. The molecular formula is C18H20F3N3O3. The van der Waals surface area contributed by atoms with E-state index in [1.165, 1.54) is 31.0 Å². The average Bonchev–Trinajstić information content (AvgIpc) is 2.86. The molecular weight excluding hydrogens is 363 g/mol. The van der Waals surface area contributed by atoms with Gasteiger partial charge in [-0.3, -0.25) is 24.2 Å². The van der Waals surface area contributed by atoms with Crippen LogP contribution in [0.15, 0.2) is 24.3 Å². The summed E-state index contributed by atoms with van der Waals surface area (Å²) >= 11 is 0. The molecule has 2 aliphatic rings. The van der Waals surface area contributed by atoms with Crippen LogP contribution in [0.3, 0.4) is 0 Å². The Labute approximate surface area is 154 Å². The smallest absolute Gasteiger partial charge is 0.337 e. The number of fused-ring (bicyclic) bond motifs is 1. The van der Waals surface area contributed by atoms with E-state index >= 15 is 0 Å². The maximum absolute atomic E-state index is 13.3. The molecule has 3 rings (SSSR count). The van der Waals surface area contributed by atoms with E-state index in [2.05, 4.69) is 0 Å². The van der Waals surface area contributed by atoms with E-state index in [0.29, 0.717) is 0 Å². The summed E-state index contributed by atoms with van der Waals surface area (Å²) in [7, 11) is 1.37. The Kier molecular flexibility index (Phi) is 4.75. The first kappa shape index (κ1) is 19.3. The zero-order valence-corrected chi connectivity index (χ0v) is 15.2. The van der Waals surface area contributed by atoms with E-state index in [1.54, 1.807) is 19.1 Å². The summed E-state index contributed by atoms with van der Waals surface area (Å²) in [6.07, 6.45) is -4.49. The van der Waals surface area contributed by atoms with Crippen molar-refractivity contribution in [3.05, 3.63) is 35.4 Å². The zero-order chi connectivity index (χ0) is 20.1. The standard InChI is InChI=1S/C18H20F3N3O3/c1-10-8-23(9-14(22(10)3)18(19,20)21)15(25)11(2)24-16(26)12-6-4-5-7-13(12)17(24)27/h4-7,10-11,14H,8-9H2,1-3H3. The van der Waals surface area contributed by atoms with Gasteiger partial charge in [0.25, 0.3) is 11.8 Å². The lowest BCUT2D eigenvalue weighted by molar-refractivity contribution is -0.201. The molecule has 3 amide bonds. The second-order valence-corrected chi connectivity index (χ2v) is 7.02. The first-order chi connectivity index (χ1) is 12.5. The van der Waals surface area contributed by atoms with E-state index in [-0.39, 0.29) is 17.7 Å². The van der Waals surface area contributed by atoms with Gasteiger partial charge >= 0.3 is 6.18 Å². The van der Waals surface area contributed by atoms with Crippen LogP contribution in [-0.2, 0) is 4.79 Å². The molecule has 0 N–H and O–H groups in total. The van der Waals surface area contributed by atoms with Gasteiger partial charge in [0, 0.05) is 19.1 Å². The third-order valence-corrected chi connectivity index (χ3v) is 5.32. The van der Waals surface area contributed by atoms with Crippen LogP contribution in [0.5, 0.6) is 0 Å². The van der Waals surface area contributed by atoms with Crippen LogP contribution >= 0.6 is 0 Å². The Bertz CT molecular complexity index is 761. The SMILES string of the molecule is CC(C(=O)N1CC(C)N(C)C(C(F)(F)F)C1)N1C(=O)c2ccccc2C1=O. The molecule has 1 fully saturated rings. The van der Waals surface area contributed by atoms with E-state index in [1.807, 2.05) is 0 Å². The number of rotatable bonds is 2. The second kappa shape index (κ2) is 6.63. The molecule has 0 aliphatic carbocycles. The molecule has 6 nitrogen and oxygen atoms in total. The molecule has 27 heavy (non-hydrogen) atoms. The molecule has 0 radical (unpaired) electrons. The first-order valence-electron chi connectivity index (χ1n) is 8.58. The highest BCUT2D eigenvalue weighted by atomic mass is 19.4. The predicted molar refractivity (Wildman–Crippen MR) is 90.1 cm³/mol. The highest BCUT2D eigenvalue weighted by Gasteiger charge is 2.49. The van der Waals surface area contributed by atoms with E-state index < -0.39 is 48.6 Å². The normalized spacial score (nSPS) is 25.0. The van der Waals surface area contributed by atoms with Gasteiger partial charge in [0.05, 0.1) is 11.1 Å². The summed E-state index contributed by atoms with van der Waals surface area (Å²) in [6, 6.07) is 2.71. The summed E-state index contributed by atoms with van der Waals surface area (Å²) < 4.78 is 39.9. The van der Waals surface area contributed by atoms with Gasteiger partial charge in [0.15, 0.2) is 0 Å². The molecule has 0 spiro atoms. The van der Waals surface area contributed by atoms with Crippen LogP contribution in [0.25, 0.3) is 0 Å². The van der Waals surface area contributed by atoms with Crippen LogP contribution in [-0.4, -0.2) is 76.9 Å². The largest absolute Gasteiger partial charge is 0.405 e. The van der Waals surface area contributed by atoms with E-state index in [0.717, 1.165) is 9.80 Å². The third kappa shape index (κ3) is 3.20. The van der Waals surface area contributed by atoms with Crippen molar-refractivity contribution >= 4 is 17.7 Å². The number of piperazine rings is 1. The van der Waals surface area contributed by atoms with E-state index in [4.69, 9.17) is 0 Å². The number of nitrogens with zero attached hydrogens (tertiary/aromatic N) is 3. The van der Waals surface area contributed by atoms with Crippen molar-refractivity contribution in [2.75, 3.05) is 20.1 Å². The number of alkyl halides is 3. The molecule has 0 saturated carbocycles. The molecule has 3 atom stereocenters. The molecule has 0 aromatic heterocycles. The topological polar surface area (TPSA) is 60.9 Å². The quantitative estimate of drug-likeness (QED) is 0.731. The maximum atomic E-state index is 13.3. The predicted octanol–water partition coefficient (Wildman–Crippen LogP) is 1.76. The Hall–Kier alpha value is -2.42. The lowest BCUT2D eigenvalue weighted by Crippen LogP contribution is -2.64. The molecule has 1 aromatic rings. The molecule has 1 saturated heterocycles. The molecule has 3 unspecified atom stereocenters. The van der Waals surface area contributed by atoms with Crippen LogP contribution in [0, 0.1) is 0 Å². The van der Waals surface area contributed by atoms with E-state index in [9.17, 15) is 27.6 Å². The van der Waals surface area contributed by atoms with Crippen molar-refractivity contribution in [2.45, 2.75) is 38.1 Å². The minimum Gasteiger partial charge on any atom is -0.337 e. The van der Waals surface area contributed by atoms with Crippen molar-refractivity contribution in [3.8, 4) is 0 Å². The van der Waals surface area contributed by atoms with Gasteiger partial charge in [0.2, 0.25) is 5.91 Å². The minimum atomic E-state index is -4.49. The number of carbonyl (C=O) groups is 3. The fourth-order valence-corrected chi connectivity index (χ4v) is 3.62. The number of likely N-dealkylation sites (N-methyl/N-ethyl adjacent to an activating group) is 1. The molecule has 2 aliphatic heterocycles. The summed E-state index contributed by atoms with van der Waals surface area (Å²) in [5.74, 6) is -1.88. The van der Waals surface area contributed by atoms with Crippen molar-refractivity contribution in [1.29, 1.82) is 0 Å². The van der Waals surface area contributed by atoms with Gasteiger partial charge in [-0.1, -0.05) is 12.1 Å². The monoisotopic (exact) mass is 383 g/mol. The van der Waals surface area contributed by atoms with Crippen molar-refractivity contribution in [1.82, 2.24) is 14.7 Å². The van der Waals surface area contributed by atoms with Gasteiger partial charge in [-0.15, -0.1) is 0 Å². The molecule has 9 heteroatoms. The lowest BCUT2D eigenvalue weighted by atomic mass is 10.1. The fraction of sp³-hybridized carbons (Fsp3) is 0.500. The average molecular weight is 383 g/mol. The zero-order valence-electron chi connectivity index (χ0n) is 15.2. The number of hydrogen-bond acceptors (Lipinski definition) is 4. The minimum absolute atomic E-state index is 0.0927. The van der Waals surface area contributed by atoms with Crippen LogP contribution < -0.4 is 0 Å². The van der Waals surface area contributed by atoms with Crippen LogP contribution in [0.1, 0.15) is 34.6 Å². The van der Waals surface area contributed by atoms with Crippen LogP contribution in [0.2, 0.25) is 0 Å². The molecule has 0 bridgehead atoms.